The molecule has 2 aromatic rings. The molecule has 0 aromatic heterocycles. The number of hydrogen-bond donors (Lipinski definition) is 2. The van der Waals surface area contributed by atoms with Crippen LogP contribution in [-0.4, -0.2) is 41.6 Å². The van der Waals surface area contributed by atoms with Crippen LogP contribution in [0.25, 0.3) is 0 Å². The fraction of sp³-hybridized carbons (Fsp3) is 0.458. The molecule has 2 N–H and O–H groups in total. The van der Waals surface area contributed by atoms with Crippen molar-refractivity contribution in [2.45, 2.75) is 37.8 Å². The van der Waals surface area contributed by atoms with Gasteiger partial charge in [0.25, 0.3) is 0 Å². The Morgan fingerprint density at radius 1 is 1.13 bits per heavy atom. The van der Waals surface area contributed by atoms with Crippen LogP contribution in [0.15, 0.2) is 48.5 Å². The lowest BCUT2D eigenvalue weighted by Crippen LogP contribution is -2.60. The molecule has 7 heteroatoms. The molecular weight excluding hydrogens is 422 g/mol. The van der Waals surface area contributed by atoms with Gasteiger partial charge in [-0.1, -0.05) is 43.3 Å². The summed E-state index contributed by atoms with van der Waals surface area (Å²) in [6.07, 6.45) is 0.678. The van der Waals surface area contributed by atoms with Crippen LogP contribution < -0.4 is 5.32 Å². The van der Waals surface area contributed by atoms with Gasteiger partial charge in [-0.05, 0) is 36.5 Å². The number of nitrogens with one attached hydrogen (secondary N) is 1. The number of likely N-dealkylation sites (tertiary alicyclic amines) is 1. The van der Waals surface area contributed by atoms with E-state index >= 15 is 0 Å². The highest BCUT2D eigenvalue weighted by atomic mass is 35.5. The normalized spacial score (nSPS) is 30.7. The Morgan fingerprint density at radius 3 is 2.52 bits per heavy atom. The second-order valence-electron chi connectivity index (χ2n) is 8.63. The SMILES string of the molecule is C[C@@H]1N(C(=O)[C@@H]2CNC[C@H]2c2ccc(F)cc2F)CC[C@H](C)[C@@]1(O)c1ccccc1.Cl. The Hall–Kier alpha value is -2.02. The number of benzene rings is 2. The molecule has 2 aliphatic heterocycles. The average molecular weight is 451 g/mol. The lowest BCUT2D eigenvalue weighted by Gasteiger charge is -2.50. The zero-order valence-electron chi connectivity index (χ0n) is 17.7. The second-order valence-corrected chi connectivity index (χ2v) is 8.63. The highest BCUT2D eigenvalue weighted by molar-refractivity contribution is 5.85. The topological polar surface area (TPSA) is 52.6 Å². The summed E-state index contributed by atoms with van der Waals surface area (Å²) < 4.78 is 27.8. The van der Waals surface area contributed by atoms with Crippen molar-refractivity contribution in [1.29, 1.82) is 0 Å². The Balaban J connectivity index is 0.00000272. The van der Waals surface area contributed by atoms with Crippen LogP contribution in [0.3, 0.4) is 0 Å². The number of nitrogens with zero attached hydrogens (tertiary/aromatic N) is 1. The molecule has 2 heterocycles. The summed E-state index contributed by atoms with van der Waals surface area (Å²) in [5.74, 6) is -2.18. The Labute approximate surface area is 188 Å². The summed E-state index contributed by atoms with van der Waals surface area (Å²) in [6.45, 7) is 5.34. The minimum Gasteiger partial charge on any atom is -0.383 e. The summed E-state index contributed by atoms with van der Waals surface area (Å²) >= 11 is 0. The van der Waals surface area contributed by atoms with Crippen molar-refractivity contribution in [3.8, 4) is 0 Å². The van der Waals surface area contributed by atoms with Crippen molar-refractivity contribution in [3.63, 3.8) is 0 Å². The molecule has 0 spiro atoms. The molecule has 0 bridgehead atoms. The predicted molar refractivity (Wildman–Crippen MR) is 118 cm³/mol. The Morgan fingerprint density at radius 2 is 1.84 bits per heavy atom. The molecule has 5 atom stereocenters. The van der Waals surface area contributed by atoms with Gasteiger partial charge in [-0.3, -0.25) is 4.79 Å². The van der Waals surface area contributed by atoms with Crippen LogP contribution in [0.4, 0.5) is 8.78 Å². The summed E-state index contributed by atoms with van der Waals surface area (Å²) in [7, 11) is 0. The van der Waals surface area contributed by atoms with Crippen molar-refractivity contribution in [2.75, 3.05) is 19.6 Å². The second kappa shape index (κ2) is 9.23. The van der Waals surface area contributed by atoms with E-state index in [-0.39, 0.29) is 30.2 Å². The van der Waals surface area contributed by atoms with Crippen molar-refractivity contribution in [2.24, 2.45) is 11.8 Å². The third-order valence-electron chi connectivity index (χ3n) is 7.07. The van der Waals surface area contributed by atoms with Gasteiger partial charge < -0.3 is 15.3 Å². The van der Waals surface area contributed by atoms with Gasteiger partial charge in [-0.2, -0.15) is 0 Å². The largest absolute Gasteiger partial charge is 0.383 e. The van der Waals surface area contributed by atoms with E-state index in [1.807, 2.05) is 44.2 Å². The fourth-order valence-electron chi connectivity index (χ4n) is 5.21. The van der Waals surface area contributed by atoms with E-state index in [2.05, 4.69) is 5.32 Å². The van der Waals surface area contributed by atoms with Gasteiger partial charge in [-0.25, -0.2) is 8.78 Å². The number of hydrogen-bond acceptors (Lipinski definition) is 3. The van der Waals surface area contributed by atoms with E-state index < -0.39 is 29.2 Å². The quantitative estimate of drug-likeness (QED) is 0.747. The van der Waals surface area contributed by atoms with E-state index in [4.69, 9.17) is 0 Å². The minimum atomic E-state index is -1.15. The molecule has 2 aliphatic rings. The third kappa shape index (κ3) is 4.09. The van der Waals surface area contributed by atoms with Crippen LogP contribution in [0.2, 0.25) is 0 Å². The fourth-order valence-corrected chi connectivity index (χ4v) is 5.21. The molecule has 0 unspecified atom stereocenters. The molecule has 2 aromatic carbocycles. The molecule has 0 radical (unpaired) electrons. The van der Waals surface area contributed by atoms with Crippen molar-refractivity contribution >= 4 is 18.3 Å². The highest BCUT2D eigenvalue weighted by Gasteiger charge is 2.50. The number of rotatable bonds is 3. The number of amides is 1. The van der Waals surface area contributed by atoms with Crippen molar-refractivity contribution in [1.82, 2.24) is 10.2 Å². The first-order chi connectivity index (χ1) is 14.3. The van der Waals surface area contributed by atoms with Crippen LogP contribution in [0, 0.1) is 23.5 Å². The minimum absolute atomic E-state index is 0. The maximum absolute atomic E-state index is 14.4. The highest BCUT2D eigenvalue weighted by Crippen LogP contribution is 2.42. The summed E-state index contributed by atoms with van der Waals surface area (Å²) in [5.41, 5.74) is 0.00180. The van der Waals surface area contributed by atoms with Gasteiger partial charge in [-0.15, -0.1) is 12.4 Å². The van der Waals surface area contributed by atoms with Gasteiger partial charge in [0.05, 0.1) is 12.0 Å². The summed E-state index contributed by atoms with van der Waals surface area (Å²) in [4.78, 5) is 15.3. The van der Waals surface area contributed by atoms with E-state index in [0.717, 1.165) is 11.6 Å². The van der Waals surface area contributed by atoms with Crippen LogP contribution in [0.1, 0.15) is 37.3 Å². The predicted octanol–water partition coefficient (Wildman–Crippen LogP) is 3.83. The van der Waals surface area contributed by atoms with E-state index in [9.17, 15) is 18.7 Å². The molecule has 4 rings (SSSR count). The molecule has 31 heavy (non-hydrogen) atoms. The average Bonchev–Trinajstić information content (AvgIpc) is 3.22. The molecule has 2 saturated heterocycles. The molecule has 1 amide bonds. The summed E-state index contributed by atoms with van der Waals surface area (Å²) in [6, 6.07) is 12.6. The van der Waals surface area contributed by atoms with E-state index in [1.54, 1.807) is 4.90 Å². The molecule has 168 valence electrons. The first kappa shape index (κ1) is 23.6. The maximum Gasteiger partial charge on any atom is 0.227 e. The zero-order valence-corrected chi connectivity index (χ0v) is 18.5. The van der Waals surface area contributed by atoms with Crippen LogP contribution >= 0.6 is 12.4 Å². The number of halogens is 3. The number of piperidine rings is 1. The molecule has 0 aliphatic carbocycles. The third-order valence-corrected chi connectivity index (χ3v) is 7.07. The van der Waals surface area contributed by atoms with Crippen molar-refractivity contribution < 1.29 is 18.7 Å². The smallest absolute Gasteiger partial charge is 0.227 e. The van der Waals surface area contributed by atoms with Gasteiger partial charge in [0.1, 0.15) is 17.2 Å². The Kier molecular flexibility index (Phi) is 7.04. The first-order valence-electron chi connectivity index (χ1n) is 10.6. The first-order valence-corrected chi connectivity index (χ1v) is 10.6. The Bertz CT molecular complexity index is 929. The number of aliphatic hydroxyl groups is 1. The maximum atomic E-state index is 14.4. The molecule has 2 fully saturated rings. The van der Waals surface area contributed by atoms with Crippen LogP contribution in [0.5, 0.6) is 0 Å². The van der Waals surface area contributed by atoms with Crippen molar-refractivity contribution in [3.05, 3.63) is 71.3 Å². The standard InChI is InChI=1S/C24H28F2N2O2.ClH/c1-15-10-11-28(16(2)24(15,30)17-6-4-3-5-7-17)23(29)21-14-27-13-20(21)19-9-8-18(25)12-22(19)26;/h3-9,12,15-16,20-21,27,30H,10-11,13-14H2,1-2H3;1H/t15-,16-,20-,21+,24-;/m0./s1. The summed E-state index contributed by atoms with van der Waals surface area (Å²) in [5, 5.41) is 14.9. The van der Waals surface area contributed by atoms with E-state index in [0.29, 0.717) is 31.6 Å². The van der Waals surface area contributed by atoms with Gasteiger partial charge >= 0.3 is 0 Å². The zero-order chi connectivity index (χ0) is 21.5. The van der Waals surface area contributed by atoms with E-state index in [1.165, 1.54) is 12.1 Å². The number of carbonyl (C=O) groups is 1. The lowest BCUT2D eigenvalue weighted by atomic mass is 9.72. The molecular formula is C24H29ClF2N2O2. The number of carbonyl (C=O) groups excluding carboxylic acids is 1. The van der Waals surface area contributed by atoms with Gasteiger partial charge in [0.15, 0.2) is 0 Å². The monoisotopic (exact) mass is 450 g/mol. The van der Waals surface area contributed by atoms with Gasteiger partial charge in [0, 0.05) is 31.6 Å². The van der Waals surface area contributed by atoms with Gasteiger partial charge in [0.2, 0.25) is 5.91 Å². The van der Waals surface area contributed by atoms with Crippen LogP contribution in [-0.2, 0) is 10.4 Å². The molecule has 0 saturated carbocycles. The lowest BCUT2D eigenvalue weighted by molar-refractivity contribution is -0.159. The molecule has 4 nitrogen and oxygen atoms in total.